The molecule has 218 valence electrons. The Morgan fingerprint density at radius 3 is 2.52 bits per heavy atom. The van der Waals surface area contributed by atoms with E-state index >= 15 is 0 Å². The first-order chi connectivity index (χ1) is 18.8. The number of hydrogen-bond donors (Lipinski definition) is 3. The largest absolute Gasteiger partial charge is 0.458 e. The van der Waals surface area contributed by atoms with Crippen LogP contribution in [0.3, 0.4) is 0 Å². The SMILES string of the molecule is C[C@@H]1CC(=O)[C@]2(O)O[C@@H]3C[C@@]4(C)[C@@H](CC5O[C@]56[C@@H]4[C@H](O)C(=O)[C@]4(C)[C@@H](C5=CC(=O)OC5)CC[C@@]46O)C[C@H]3O[C@@H]2O1. The van der Waals surface area contributed by atoms with E-state index in [2.05, 4.69) is 0 Å². The van der Waals surface area contributed by atoms with Gasteiger partial charge in [0, 0.05) is 18.4 Å². The molecule has 0 aromatic rings. The second-order valence-electron chi connectivity index (χ2n) is 14.0. The van der Waals surface area contributed by atoms with Crippen LogP contribution in [0.2, 0.25) is 0 Å². The van der Waals surface area contributed by atoms with Gasteiger partial charge in [0.25, 0.3) is 5.79 Å². The molecule has 0 radical (unpaired) electrons. The number of carbonyl (C=O) groups excluding carboxylic acids is 3. The highest BCUT2D eigenvalue weighted by atomic mass is 16.8. The van der Waals surface area contributed by atoms with Crippen molar-refractivity contribution >= 4 is 17.5 Å². The van der Waals surface area contributed by atoms with Gasteiger partial charge in [0.15, 0.2) is 11.6 Å². The van der Waals surface area contributed by atoms with Gasteiger partial charge in [0.05, 0.1) is 29.8 Å². The first-order valence-corrected chi connectivity index (χ1v) is 14.5. The highest BCUT2D eigenvalue weighted by Crippen LogP contribution is 2.77. The van der Waals surface area contributed by atoms with E-state index in [1.165, 1.54) is 6.08 Å². The van der Waals surface area contributed by atoms with Crippen molar-refractivity contribution in [2.24, 2.45) is 28.6 Å². The minimum Gasteiger partial charge on any atom is -0.458 e. The third kappa shape index (κ3) is 2.74. The van der Waals surface area contributed by atoms with Crippen LogP contribution in [0, 0.1) is 28.6 Å². The molecule has 4 aliphatic carbocycles. The Morgan fingerprint density at radius 2 is 1.80 bits per heavy atom. The molecule has 7 fully saturated rings. The van der Waals surface area contributed by atoms with E-state index in [-0.39, 0.29) is 25.0 Å². The van der Waals surface area contributed by atoms with Crippen molar-refractivity contribution in [2.75, 3.05) is 6.61 Å². The maximum absolute atomic E-state index is 14.2. The predicted molar refractivity (Wildman–Crippen MR) is 131 cm³/mol. The molecule has 1 unspecified atom stereocenters. The molecule has 1 spiro atoms. The fourth-order valence-corrected chi connectivity index (χ4v) is 10.4. The van der Waals surface area contributed by atoms with Gasteiger partial charge in [-0.25, -0.2) is 4.79 Å². The van der Waals surface area contributed by atoms with Gasteiger partial charge in [-0.15, -0.1) is 0 Å². The Bertz CT molecular complexity index is 1260. The second kappa shape index (κ2) is 7.61. The lowest BCUT2D eigenvalue weighted by Gasteiger charge is -2.64. The van der Waals surface area contributed by atoms with Gasteiger partial charge in [-0.2, -0.15) is 0 Å². The average Bonchev–Trinajstić information content (AvgIpc) is 3.33. The average molecular weight is 561 g/mol. The third-order valence-corrected chi connectivity index (χ3v) is 12.3. The number of aliphatic hydroxyl groups is 3. The lowest BCUT2D eigenvalue weighted by molar-refractivity contribution is -0.414. The minimum absolute atomic E-state index is 0.00195. The van der Waals surface area contributed by atoms with Crippen LogP contribution in [0.5, 0.6) is 0 Å². The molecule has 14 atom stereocenters. The van der Waals surface area contributed by atoms with E-state index in [0.29, 0.717) is 37.7 Å². The topological polar surface area (TPSA) is 161 Å². The number of aliphatic hydroxyl groups excluding tert-OH is 1. The van der Waals surface area contributed by atoms with Crippen LogP contribution in [-0.2, 0) is 38.1 Å². The number of fused-ring (bicyclic) bond motifs is 5. The molecule has 0 amide bonds. The fourth-order valence-electron chi connectivity index (χ4n) is 10.4. The zero-order chi connectivity index (χ0) is 28.2. The van der Waals surface area contributed by atoms with Gasteiger partial charge >= 0.3 is 5.97 Å². The van der Waals surface area contributed by atoms with Crippen molar-refractivity contribution in [2.45, 2.75) is 113 Å². The van der Waals surface area contributed by atoms with E-state index < -0.39 is 87.9 Å². The van der Waals surface area contributed by atoms with E-state index in [1.807, 2.05) is 6.92 Å². The summed E-state index contributed by atoms with van der Waals surface area (Å²) in [6.45, 7) is 5.53. The molecule has 0 bridgehead atoms. The summed E-state index contributed by atoms with van der Waals surface area (Å²) in [6, 6.07) is 0. The molecule has 0 aromatic heterocycles. The maximum Gasteiger partial charge on any atom is 0.331 e. The minimum atomic E-state index is -2.22. The summed E-state index contributed by atoms with van der Waals surface area (Å²) in [4.78, 5) is 38.9. The van der Waals surface area contributed by atoms with Crippen LogP contribution in [0.15, 0.2) is 11.6 Å². The Labute approximate surface area is 231 Å². The molecule has 3 saturated heterocycles. The lowest BCUT2D eigenvalue weighted by Crippen LogP contribution is -2.77. The van der Waals surface area contributed by atoms with Crippen LogP contribution in [0.25, 0.3) is 0 Å². The molecule has 3 N–H and O–H groups in total. The fraction of sp³-hybridized carbons (Fsp3) is 0.828. The van der Waals surface area contributed by atoms with E-state index in [0.717, 1.165) is 0 Å². The van der Waals surface area contributed by atoms with Crippen molar-refractivity contribution in [3.05, 3.63) is 11.6 Å². The number of carbonyl (C=O) groups is 3. The molecular weight excluding hydrogens is 524 g/mol. The van der Waals surface area contributed by atoms with E-state index in [9.17, 15) is 29.7 Å². The summed E-state index contributed by atoms with van der Waals surface area (Å²) in [7, 11) is 0. The molecule has 8 rings (SSSR count). The number of ketones is 2. The van der Waals surface area contributed by atoms with Crippen molar-refractivity contribution in [1.82, 2.24) is 0 Å². The van der Waals surface area contributed by atoms with Crippen LogP contribution in [-0.4, -0.2) is 93.3 Å². The van der Waals surface area contributed by atoms with E-state index in [4.69, 9.17) is 23.7 Å². The highest BCUT2D eigenvalue weighted by molar-refractivity contribution is 5.94. The summed E-state index contributed by atoms with van der Waals surface area (Å²) in [5.74, 6) is -4.82. The summed E-state index contributed by atoms with van der Waals surface area (Å²) in [6.07, 6.45) is -0.904. The summed E-state index contributed by atoms with van der Waals surface area (Å²) in [5, 5.41) is 35.6. The number of cyclic esters (lactones) is 1. The molecule has 40 heavy (non-hydrogen) atoms. The third-order valence-electron chi connectivity index (χ3n) is 12.3. The number of ether oxygens (including phenoxy) is 5. The summed E-state index contributed by atoms with van der Waals surface area (Å²) in [5.41, 5.74) is -4.10. The van der Waals surface area contributed by atoms with Crippen LogP contribution in [0.1, 0.15) is 59.3 Å². The van der Waals surface area contributed by atoms with Gasteiger partial charge in [-0.05, 0) is 68.8 Å². The van der Waals surface area contributed by atoms with Crippen molar-refractivity contribution in [1.29, 1.82) is 0 Å². The Kier molecular flexibility index (Phi) is 4.93. The number of epoxide rings is 1. The Morgan fingerprint density at radius 1 is 1.02 bits per heavy atom. The Balaban J connectivity index is 1.16. The number of rotatable bonds is 1. The number of esters is 1. The van der Waals surface area contributed by atoms with Crippen molar-refractivity contribution in [3.8, 4) is 0 Å². The van der Waals surface area contributed by atoms with Gasteiger partial charge in [-0.3, -0.25) is 9.59 Å². The van der Waals surface area contributed by atoms with E-state index in [1.54, 1.807) is 13.8 Å². The second-order valence-corrected chi connectivity index (χ2v) is 14.0. The van der Waals surface area contributed by atoms with Crippen molar-refractivity contribution in [3.63, 3.8) is 0 Å². The Hall–Kier alpha value is -1.73. The summed E-state index contributed by atoms with van der Waals surface area (Å²) < 4.78 is 29.6. The zero-order valence-corrected chi connectivity index (χ0v) is 22.8. The molecule has 4 saturated carbocycles. The van der Waals surface area contributed by atoms with Crippen LogP contribution < -0.4 is 0 Å². The monoisotopic (exact) mass is 560 g/mol. The first-order valence-electron chi connectivity index (χ1n) is 14.5. The van der Waals surface area contributed by atoms with Gasteiger partial charge < -0.3 is 39.0 Å². The molecule has 4 heterocycles. The van der Waals surface area contributed by atoms with Gasteiger partial charge in [-0.1, -0.05) is 6.92 Å². The highest BCUT2D eigenvalue weighted by Gasteiger charge is 2.89. The first kappa shape index (κ1) is 25.9. The predicted octanol–water partition coefficient (Wildman–Crippen LogP) is 0.311. The molecule has 11 heteroatoms. The lowest BCUT2D eigenvalue weighted by atomic mass is 9.41. The van der Waals surface area contributed by atoms with Crippen molar-refractivity contribution < 1.29 is 53.4 Å². The molecule has 8 aliphatic rings. The number of hydrogen-bond acceptors (Lipinski definition) is 11. The number of Topliss-reactive ketones (excluding diaryl/α,β-unsaturated/α-hetero) is 2. The van der Waals surface area contributed by atoms with Gasteiger partial charge in [0.2, 0.25) is 6.29 Å². The molecule has 0 aromatic carbocycles. The van der Waals surface area contributed by atoms with Gasteiger partial charge in [0.1, 0.15) is 23.9 Å². The molecule has 4 aliphatic heterocycles. The normalized spacial score (nSPS) is 59.9. The zero-order valence-electron chi connectivity index (χ0n) is 22.8. The quantitative estimate of drug-likeness (QED) is 0.230. The van der Waals surface area contributed by atoms with Crippen LogP contribution >= 0.6 is 0 Å². The molecular formula is C29H36O11. The maximum atomic E-state index is 14.2. The molecule has 11 nitrogen and oxygen atoms in total. The summed E-state index contributed by atoms with van der Waals surface area (Å²) >= 11 is 0. The smallest absolute Gasteiger partial charge is 0.331 e. The standard InChI is InChI=1S/C29H36O11/c1-12-6-18(30)29(35)24(37-12)38-16-8-14-9-19-28(40-19)22(25(14,2)10-17(16)39-29)21(32)23(33)26(3)15(4-5-27(26,28)34)13-7-20(31)36-11-13/h7,12,14-17,19,21-22,24,32,34-35H,4-6,8-11H2,1-3H3/t12-,14-,15-,16-,17-,19?,21+,22-,24+,25+,26+,27-,28+,29+/m1/s1. The van der Waals surface area contributed by atoms with Crippen LogP contribution in [0.4, 0.5) is 0 Å².